The van der Waals surface area contributed by atoms with Crippen molar-refractivity contribution in [1.82, 2.24) is 31.9 Å². The third-order valence-corrected chi connectivity index (χ3v) is 9.98. The topological polar surface area (TPSA) is 301 Å². The number of amides is 7. The number of carboxylic acids is 1. The summed E-state index contributed by atoms with van der Waals surface area (Å²) in [5, 5.41) is 34.9. The number of carbonyl (C=O) groups excluding carboxylic acids is 7. The molecule has 0 saturated heterocycles. The Morgan fingerprint density at radius 2 is 1.27 bits per heavy atom. The molecule has 0 spiro atoms. The van der Waals surface area contributed by atoms with E-state index in [1.165, 1.54) is 12.1 Å². The highest BCUT2D eigenvalue weighted by Crippen LogP contribution is 2.25. The number of aromatic hydroxyl groups is 1. The Bertz CT molecular complexity index is 1790. The third kappa shape index (κ3) is 15.7. The molecule has 18 heteroatoms. The maximum absolute atomic E-state index is 13.9. The van der Waals surface area contributed by atoms with Gasteiger partial charge in [0, 0.05) is 18.4 Å². The van der Waals surface area contributed by atoms with Crippen LogP contribution < -0.4 is 43.4 Å². The first-order valence-corrected chi connectivity index (χ1v) is 19.7. The van der Waals surface area contributed by atoms with Gasteiger partial charge in [0.2, 0.25) is 41.4 Å². The van der Waals surface area contributed by atoms with E-state index < -0.39 is 108 Å². The molecule has 7 amide bonds. The zero-order chi connectivity index (χ0) is 43.8. The van der Waals surface area contributed by atoms with Gasteiger partial charge in [-0.05, 0) is 60.8 Å². The van der Waals surface area contributed by atoms with E-state index in [0.29, 0.717) is 24.8 Å². The summed E-state index contributed by atoms with van der Waals surface area (Å²) in [6.07, 6.45) is 1.33. The first kappa shape index (κ1) is 47.3. The maximum atomic E-state index is 13.9. The van der Waals surface area contributed by atoms with Gasteiger partial charge in [0.1, 0.15) is 29.9 Å². The van der Waals surface area contributed by atoms with Gasteiger partial charge < -0.3 is 53.6 Å². The molecular weight excluding hydrogens is 764 g/mol. The van der Waals surface area contributed by atoms with E-state index in [-0.39, 0.29) is 31.1 Å². The number of hydrogen-bond donors (Lipinski definition) is 10. The van der Waals surface area contributed by atoms with Crippen LogP contribution in [0.3, 0.4) is 0 Å². The van der Waals surface area contributed by atoms with E-state index in [2.05, 4.69) is 31.9 Å². The van der Waals surface area contributed by atoms with Crippen molar-refractivity contribution in [2.45, 2.75) is 109 Å². The highest BCUT2D eigenvalue weighted by atomic mass is 16.4. The molecule has 1 aliphatic rings. The van der Waals surface area contributed by atoms with Crippen LogP contribution in [-0.4, -0.2) is 100 Å². The van der Waals surface area contributed by atoms with Crippen LogP contribution in [0.25, 0.3) is 0 Å². The van der Waals surface area contributed by atoms with Crippen molar-refractivity contribution in [3.05, 3.63) is 65.7 Å². The lowest BCUT2D eigenvalue weighted by atomic mass is 9.84. The van der Waals surface area contributed by atoms with E-state index >= 15 is 0 Å². The van der Waals surface area contributed by atoms with Crippen molar-refractivity contribution in [3.63, 3.8) is 0 Å². The molecule has 1 fully saturated rings. The molecule has 0 unspecified atom stereocenters. The molecule has 0 radical (unpaired) electrons. The summed E-state index contributed by atoms with van der Waals surface area (Å²) in [5.74, 6) is -7.86. The normalized spacial score (nSPS) is 17.6. The van der Waals surface area contributed by atoms with Crippen molar-refractivity contribution < 1.29 is 48.6 Å². The summed E-state index contributed by atoms with van der Waals surface area (Å²) < 4.78 is 0. The third-order valence-electron chi connectivity index (χ3n) is 9.98. The quantitative estimate of drug-likeness (QED) is 0.0766. The van der Waals surface area contributed by atoms with Gasteiger partial charge in [-0.2, -0.15) is 0 Å². The first-order chi connectivity index (χ1) is 27.8. The van der Waals surface area contributed by atoms with E-state index in [0.717, 1.165) is 5.56 Å². The van der Waals surface area contributed by atoms with Crippen LogP contribution in [0.4, 0.5) is 0 Å². The number of nitrogens with two attached hydrogens (primary N) is 2. The summed E-state index contributed by atoms with van der Waals surface area (Å²) in [6.45, 7) is 6.09. The molecule has 1 aliphatic carbocycles. The Hall–Kier alpha value is -6.04. The Balaban J connectivity index is 1.73. The number of carbonyl (C=O) groups is 8. The Labute approximate surface area is 343 Å². The molecule has 18 nitrogen and oxygen atoms in total. The van der Waals surface area contributed by atoms with Crippen LogP contribution in [0.15, 0.2) is 54.6 Å². The van der Waals surface area contributed by atoms with Crippen molar-refractivity contribution in [1.29, 1.82) is 0 Å². The number of carboxylic acid groups (broad SMARTS) is 1. The minimum absolute atomic E-state index is 0.00967. The molecular formula is C41H58N8O10. The predicted octanol–water partition coefficient (Wildman–Crippen LogP) is -0.493. The lowest BCUT2D eigenvalue weighted by molar-refractivity contribution is -0.142. The zero-order valence-corrected chi connectivity index (χ0v) is 33.9. The second-order valence-corrected chi connectivity index (χ2v) is 15.6. The minimum Gasteiger partial charge on any atom is -0.508 e. The molecule has 7 atom stereocenters. The molecule has 2 aromatic rings. The molecule has 12 N–H and O–H groups in total. The van der Waals surface area contributed by atoms with Crippen LogP contribution >= 0.6 is 0 Å². The molecule has 0 heterocycles. The maximum Gasteiger partial charge on any atom is 0.305 e. The van der Waals surface area contributed by atoms with Crippen LogP contribution in [0, 0.1) is 17.8 Å². The molecule has 0 aliphatic heterocycles. The fourth-order valence-electron chi connectivity index (χ4n) is 6.70. The number of phenols is 1. The summed E-state index contributed by atoms with van der Waals surface area (Å²) in [4.78, 5) is 104. The highest BCUT2D eigenvalue weighted by Gasteiger charge is 2.36. The average molecular weight is 823 g/mol. The largest absolute Gasteiger partial charge is 0.508 e. The summed E-state index contributed by atoms with van der Waals surface area (Å²) in [6, 6.07) is 8.56. The van der Waals surface area contributed by atoms with Gasteiger partial charge >= 0.3 is 5.97 Å². The van der Waals surface area contributed by atoms with Gasteiger partial charge in [-0.25, -0.2) is 0 Å². The number of phenolic OH excluding ortho intramolecular Hbond substituents is 1. The monoisotopic (exact) mass is 822 g/mol. The van der Waals surface area contributed by atoms with Crippen LogP contribution in [-0.2, 0) is 51.2 Å². The second-order valence-electron chi connectivity index (χ2n) is 15.6. The van der Waals surface area contributed by atoms with E-state index in [9.17, 15) is 48.6 Å². The van der Waals surface area contributed by atoms with E-state index in [1.807, 2.05) is 0 Å². The lowest BCUT2D eigenvalue weighted by Gasteiger charge is -2.31. The summed E-state index contributed by atoms with van der Waals surface area (Å²) in [7, 11) is 0. The van der Waals surface area contributed by atoms with Gasteiger partial charge in [-0.3, -0.25) is 38.4 Å². The van der Waals surface area contributed by atoms with Crippen molar-refractivity contribution in [2.24, 2.45) is 29.2 Å². The highest BCUT2D eigenvalue weighted by molar-refractivity contribution is 5.97. The van der Waals surface area contributed by atoms with Crippen molar-refractivity contribution in [3.8, 4) is 5.75 Å². The average Bonchev–Trinajstić information content (AvgIpc) is 3.18. The summed E-state index contributed by atoms with van der Waals surface area (Å²) >= 11 is 0. The van der Waals surface area contributed by atoms with E-state index in [1.54, 1.807) is 70.2 Å². The molecule has 3 rings (SSSR count). The first-order valence-electron chi connectivity index (χ1n) is 19.7. The molecule has 0 bridgehead atoms. The SMILES string of the molecule is CC(C)[C@H](NC(=O)[C@H](CC(=O)O)NC(=O)[C@H](Cc1ccccc1)NC(=O)[C@@H]1CCC[C@H](NC(=O)[C@@H](N)Cc2ccc(O)cc2)C1)C(=O)N[C@H](C(=O)NCC(N)=O)C(C)C. The van der Waals surface area contributed by atoms with Gasteiger partial charge in [0.25, 0.3) is 0 Å². The molecule has 322 valence electrons. The molecule has 0 aromatic heterocycles. The Morgan fingerprint density at radius 3 is 1.86 bits per heavy atom. The number of rotatable bonds is 21. The summed E-state index contributed by atoms with van der Waals surface area (Å²) in [5.41, 5.74) is 12.7. The molecule has 2 aromatic carbocycles. The minimum atomic E-state index is -1.68. The molecule has 59 heavy (non-hydrogen) atoms. The zero-order valence-electron chi connectivity index (χ0n) is 33.9. The van der Waals surface area contributed by atoms with E-state index in [4.69, 9.17) is 11.5 Å². The van der Waals surface area contributed by atoms with Crippen molar-refractivity contribution >= 4 is 47.3 Å². The van der Waals surface area contributed by atoms with Gasteiger partial charge in [-0.15, -0.1) is 0 Å². The van der Waals surface area contributed by atoms with Gasteiger partial charge in [-0.1, -0.05) is 76.6 Å². The van der Waals surface area contributed by atoms with Gasteiger partial charge in [0.15, 0.2) is 0 Å². The standard InChI is InChI=1S/C41H58N8O10/c1-22(2)34(40(58)44-21-32(43)51)49-41(59)35(23(3)4)48-39(57)31(20-33(52)53)47-38(56)30(18-24-9-6-5-7-10-24)46-36(54)26-11-8-12-27(19-26)45-37(55)29(42)17-25-13-15-28(50)16-14-25/h5-7,9-10,13-16,22-23,26-27,29-31,34-35,50H,8,11-12,17-21,42H2,1-4H3,(H2,43,51)(H,44,58)(H,45,55)(H,46,54)(H,47,56)(H,48,57)(H,49,59)(H,52,53)/t26-,27+,29+,30+,31+,34+,35+/m1/s1. The van der Waals surface area contributed by atoms with Crippen LogP contribution in [0.2, 0.25) is 0 Å². The van der Waals surface area contributed by atoms with Gasteiger partial charge in [0.05, 0.1) is 19.0 Å². The fourth-order valence-corrected chi connectivity index (χ4v) is 6.70. The lowest BCUT2D eigenvalue weighted by Crippen LogP contribution is -2.60. The Kier molecular flexibility index (Phi) is 18.3. The number of aliphatic carboxylic acids is 1. The number of hydrogen-bond acceptors (Lipinski definition) is 10. The number of primary amides is 1. The number of benzene rings is 2. The van der Waals surface area contributed by atoms with Crippen molar-refractivity contribution in [2.75, 3.05) is 6.54 Å². The number of nitrogens with one attached hydrogen (secondary N) is 6. The van der Waals surface area contributed by atoms with Crippen LogP contribution in [0.1, 0.15) is 70.9 Å². The smallest absolute Gasteiger partial charge is 0.305 e. The Morgan fingerprint density at radius 1 is 0.695 bits per heavy atom. The fraction of sp³-hybridized carbons (Fsp3) is 0.512. The second kappa shape index (κ2) is 22.8. The predicted molar refractivity (Wildman–Crippen MR) is 216 cm³/mol. The van der Waals surface area contributed by atoms with Crippen LogP contribution in [0.5, 0.6) is 5.75 Å². The molecule has 1 saturated carbocycles.